The zero-order valence-electron chi connectivity index (χ0n) is 10.6. The standard InChI is InChI=1S/C16H18N2/c1-14(12-13-17)18(15-8-4-2-5-9-15)16-10-6-3-7-11-16/h2-12H,13,17H2,1H3/b14-12+. The lowest BCUT2D eigenvalue weighted by atomic mass is 10.2. The molecule has 0 fully saturated rings. The molecule has 2 nitrogen and oxygen atoms in total. The first-order valence-corrected chi connectivity index (χ1v) is 6.10. The van der Waals surface area contributed by atoms with Gasteiger partial charge in [-0.25, -0.2) is 0 Å². The zero-order chi connectivity index (χ0) is 12.8. The van der Waals surface area contributed by atoms with E-state index in [1.807, 2.05) is 42.5 Å². The van der Waals surface area contributed by atoms with Crippen LogP contribution in [0.25, 0.3) is 0 Å². The fraction of sp³-hybridized carbons (Fsp3) is 0.125. The number of allylic oxidation sites excluding steroid dienone is 1. The van der Waals surface area contributed by atoms with Crippen molar-refractivity contribution in [1.29, 1.82) is 0 Å². The first kappa shape index (κ1) is 12.4. The van der Waals surface area contributed by atoms with Gasteiger partial charge in [-0.15, -0.1) is 0 Å². The SMILES string of the molecule is C/C(=C\CN)N(c1ccccc1)c1ccccc1. The lowest BCUT2D eigenvalue weighted by Gasteiger charge is -2.25. The number of anilines is 2. The number of para-hydroxylation sites is 2. The largest absolute Gasteiger partial charge is 0.327 e. The quantitative estimate of drug-likeness (QED) is 0.880. The van der Waals surface area contributed by atoms with Crippen LogP contribution in [-0.4, -0.2) is 6.54 Å². The van der Waals surface area contributed by atoms with Crippen LogP contribution in [0.4, 0.5) is 11.4 Å². The molecule has 0 saturated heterocycles. The summed E-state index contributed by atoms with van der Waals surface area (Å²) in [6.07, 6.45) is 2.03. The molecule has 0 saturated carbocycles. The van der Waals surface area contributed by atoms with E-state index in [0.29, 0.717) is 6.54 Å². The second kappa shape index (κ2) is 6.03. The first-order valence-electron chi connectivity index (χ1n) is 6.10. The molecular weight excluding hydrogens is 220 g/mol. The topological polar surface area (TPSA) is 29.3 Å². The van der Waals surface area contributed by atoms with Crippen molar-refractivity contribution in [2.45, 2.75) is 6.92 Å². The van der Waals surface area contributed by atoms with E-state index in [0.717, 1.165) is 17.1 Å². The van der Waals surface area contributed by atoms with E-state index >= 15 is 0 Å². The van der Waals surface area contributed by atoms with Gasteiger partial charge in [0.15, 0.2) is 0 Å². The third-order valence-electron chi connectivity index (χ3n) is 2.79. The summed E-state index contributed by atoms with van der Waals surface area (Å²) in [6.45, 7) is 2.62. The Kier molecular flexibility index (Phi) is 4.15. The highest BCUT2D eigenvalue weighted by Gasteiger charge is 2.09. The van der Waals surface area contributed by atoms with Crippen LogP contribution in [0.3, 0.4) is 0 Å². The summed E-state index contributed by atoms with van der Waals surface area (Å²) in [6, 6.07) is 20.6. The molecule has 92 valence electrons. The van der Waals surface area contributed by atoms with Gasteiger partial charge in [0.2, 0.25) is 0 Å². The predicted octanol–water partition coefficient (Wildman–Crippen LogP) is 3.69. The van der Waals surface area contributed by atoms with Crippen molar-refractivity contribution in [3.63, 3.8) is 0 Å². The Morgan fingerprint density at radius 1 is 0.944 bits per heavy atom. The van der Waals surface area contributed by atoms with E-state index in [-0.39, 0.29) is 0 Å². The average Bonchev–Trinajstić information content (AvgIpc) is 2.42. The molecule has 18 heavy (non-hydrogen) atoms. The van der Waals surface area contributed by atoms with Gasteiger partial charge < -0.3 is 10.6 Å². The molecule has 2 aromatic rings. The van der Waals surface area contributed by atoms with Gasteiger partial charge in [0, 0.05) is 23.6 Å². The van der Waals surface area contributed by atoms with Crippen molar-refractivity contribution >= 4 is 11.4 Å². The van der Waals surface area contributed by atoms with Crippen LogP contribution in [0, 0.1) is 0 Å². The van der Waals surface area contributed by atoms with Crippen molar-refractivity contribution in [1.82, 2.24) is 0 Å². The highest BCUT2D eigenvalue weighted by Crippen LogP contribution is 2.28. The van der Waals surface area contributed by atoms with Crippen LogP contribution in [0.5, 0.6) is 0 Å². The monoisotopic (exact) mass is 238 g/mol. The Morgan fingerprint density at radius 3 is 1.78 bits per heavy atom. The Labute approximate surface area is 108 Å². The highest BCUT2D eigenvalue weighted by atomic mass is 15.1. The van der Waals surface area contributed by atoms with Gasteiger partial charge >= 0.3 is 0 Å². The lowest BCUT2D eigenvalue weighted by Crippen LogP contribution is -2.15. The zero-order valence-corrected chi connectivity index (χ0v) is 10.6. The number of nitrogens with two attached hydrogens (primary N) is 1. The normalized spacial score (nSPS) is 11.3. The number of benzene rings is 2. The summed E-state index contributed by atoms with van der Waals surface area (Å²) >= 11 is 0. The second-order valence-corrected chi connectivity index (χ2v) is 4.09. The van der Waals surface area contributed by atoms with E-state index in [9.17, 15) is 0 Å². The van der Waals surface area contributed by atoms with Gasteiger partial charge in [0.05, 0.1) is 0 Å². The third-order valence-corrected chi connectivity index (χ3v) is 2.79. The number of hydrogen-bond donors (Lipinski definition) is 1. The molecule has 0 bridgehead atoms. The Morgan fingerprint density at radius 2 is 1.39 bits per heavy atom. The summed E-state index contributed by atoms with van der Waals surface area (Å²) in [5.74, 6) is 0. The molecule has 0 aliphatic rings. The minimum absolute atomic E-state index is 0.544. The number of hydrogen-bond acceptors (Lipinski definition) is 2. The lowest BCUT2D eigenvalue weighted by molar-refractivity contribution is 1.11. The minimum atomic E-state index is 0.544. The van der Waals surface area contributed by atoms with Crippen molar-refractivity contribution in [2.24, 2.45) is 5.73 Å². The molecule has 0 heterocycles. The number of rotatable bonds is 4. The molecule has 0 aliphatic heterocycles. The van der Waals surface area contributed by atoms with Gasteiger partial charge in [-0.2, -0.15) is 0 Å². The predicted molar refractivity (Wildman–Crippen MR) is 77.8 cm³/mol. The Bertz CT molecular complexity index is 464. The van der Waals surface area contributed by atoms with Gasteiger partial charge in [-0.1, -0.05) is 42.5 Å². The molecule has 0 amide bonds. The second-order valence-electron chi connectivity index (χ2n) is 4.09. The molecular formula is C16H18N2. The molecule has 2 heteroatoms. The number of nitrogens with zero attached hydrogens (tertiary/aromatic N) is 1. The van der Waals surface area contributed by atoms with Crippen molar-refractivity contribution in [3.05, 3.63) is 72.4 Å². The van der Waals surface area contributed by atoms with E-state index < -0.39 is 0 Å². The van der Waals surface area contributed by atoms with Crippen LogP contribution in [0.15, 0.2) is 72.4 Å². The summed E-state index contributed by atoms with van der Waals surface area (Å²) in [5.41, 5.74) is 9.04. The van der Waals surface area contributed by atoms with Crippen molar-refractivity contribution < 1.29 is 0 Å². The van der Waals surface area contributed by atoms with Gasteiger partial charge in [0.25, 0.3) is 0 Å². The Balaban J connectivity index is 2.45. The molecule has 0 atom stereocenters. The van der Waals surface area contributed by atoms with E-state index in [4.69, 9.17) is 5.73 Å². The molecule has 2 aromatic carbocycles. The highest BCUT2D eigenvalue weighted by molar-refractivity contribution is 5.67. The van der Waals surface area contributed by atoms with Crippen LogP contribution in [-0.2, 0) is 0 Å². The smallest absolute Gasteiger partial charge is 0.0458 e. The van der Waals surface area contributed by atoms with Crippen molar-refractivity contribution in [2.75, 3.05) is 11.4 Å². The molecule has 2 rings (SSSR count). The summed E-state index contributed by atoms with van der Waals surface area (Å²) in [7, 11) is 0. The average molecular weight is 238 g/mol. The van der Waals surface area contributed by atoms with E-state index in [1.54, 1.807) is 0 Å². The van der Waals surface area contributed by atoms with Crippen molar-refractivity contribution in [3.8, 4) is 0 Å². The fourth-order valence-corrected chi connectivity index (χ4v) is 1.97. The van der Waals surface area contributed by atoms with Crippen LogP contribution in [0.2, 0.25) is 0 Å². The van der Waals surface area contributed by atoms with Crippen LogP contribution in [0.1, 0.15) is 6.92 Å². The summed E-state index contributed by atoms with van der Waals surface area (Å²) in [5, 5.41) is 0. The summed E-state index contributed by atoms with van der Waals surface area (Å²) < 4.78 is 0. The maximum absolute atomic E-state index is 5.62. The van der Waals surface area contributed by atoms with Gasteiger partial charge in [0.1, 0.15) is 0 Å². The Hall–Kier alpha value is -2.06. The third kappa shape index (κ3) is 2.79. The molecule has 0 spiro atoms. The fourth-order valence-electron chi connectivity index (χ4n) is 1.97. The van der Waals surface area contributed by atoms with Gasteiger partial charge in [-0.3, -0.25) is 0 Å². The minimum Gasteiger partial charge on any atom is -0.327 e. The van der Waals surface area contributed by atoms with Crippen LogP contribution < -0.4 is 10.6 Å². The molecule has 0 aromatic heterocycles. The maximum Gasteiger partial charge on any atom is 0.0458 e. The maximum atomic E-state index is 5.62. The van der Waals surface area contributed by atoms with E-state index in [2.05, 4.69) is 36.1 Å². The molecule has 0 aliphatic carbocycles. The van der Waals surface area contributed by atoms with Crippen LogP contribution >= 0.6 is 0 Å². The molecule has 2 N–H and O–H groups in total. The van der Waals surface area contributed by atoms with Gasteiger partial charge in [-0.05, 0) is 31.2 Å². The molecule has 0 unspecified atom stereocenters. The van der Waals surface area contributed by atoms with E-state index in [1.165, 1.54) is 0 Å². The molecule has 0 radical (unpaired) electrons. The first-order chi connectivity index (χ1) is 8.83. The summed E-state index contributed by atoms with van der Waals surface area (Å²) in [4.78, 5) is 2.20.